The van der Waals surface area contributed by atoms with E-state index in [4.69, 9.17) is 0 Å². The van der Waals surface area contributed by atoms with Crippen molar-refractivity contribution in [2.45, 2.75) is 32.4 Å². The lowest BCUT2D eigenvalue weighted by Gasteiger charge is -2.08. The van der Waals surface area contributed by atoms with Crippen molar-refractivity contribution < 1.29 is 5.11 Å². The topological polar surface area (TPSA) is 63.8 Å². The summed E-state index contributed by atoms with van der Waals surface area (Å²) in [6, 6.07) is 0. The Morgan fingerprint density at radius 2 is 2.38 bits per heavy atom. The smallest absolute Gasteiger partial charge is 0.138 e. The zero-order chi connectivity index (χ0) is 11.4. The molecule has 0 saturated heterocycles. The molecule has 0 aliphatic heterocycles. The SMILES string of the molecule is CCCn1ncnc1CC(O)c1cscn1. The fraction of sp³-hybridized carbons (Fsp3) is 0.500. The van der Waals surface area contributed by atoms with Gasteiger partial charge in [-0.3, -0.25) is 4.68 Å². The summed E-state index contributed by atoms with van der Waals surface area (Å²) in [6.45, 7) is 2.92. The molecule has 1 N–H and O–H groups in total. The van der Waals surface area contributed by atoms with Crippen LogP contribution in [-0.2, 0) is 13.0 Å². The van der Waals surface area contributed by atoms with Gasteiger partial charge < -0.3 is 5.11 Å². The van der Waals surface area contributed by atoms with Crippen LogP contribution < -0.4 is 0 Å². The number of rotatable bonds is 5. The number of aliphatic hydroxyl groups excluding tert-OH is 1. The zero-order valence-corrected chi connectivity index (χ0v) is 9.89. The lowest BCUT2D eigenvalue weighted by molar-refractivity contribution is 0.170. The lowest BCUT2D eigenvalue weighted by Crippen LogP contribution is -2.10. The maximum Gasteiger partial charge on any atom is 0.138 e. The summed E-state index contributed by atoms with van der Waals surface area (Å²) in [4.78, 5) is 8.24. The number of aryl methyl sites for hydroxylation is 1. The quantitative estimate of drug-likeness (QED) is 0.855. The van der Waals surface area contributed by atoms with Gasteiger partial charge in [0.2, 0.25) is 0 Å². The van der Waals surface area contributed by atoms with Gasteiger partial charge in [-0.25, -0.2) is 9.97 Å². The Balaban J connectivity index is 2.06. The second-order valence-electron chi connectivity index (χ2n) is 3.53. The number of thiazole rings is 1. The Labute approximate surface area is 97.8 Å². The standard InChI is InChI=1S/C10H14N4OS/c1-2-3-14-10(11-6-13-14)4-9(15)8-5-16-7-12-8/h5-7,9,15H,2-4H2,1H3. The third kappa shape index (κ3) is 2.45. The number of aliphatic hydroxyl groups is 1. The van der Waals surface area contributed by atoms with Gasteiger partial charge in [0.15, 0.2) is 0 Å². The average molecular weight is 238 g/mol. The lowest BCUT2D eigenvalue weighted by atomic mass is 10.2. The largest absolute Gasteiger partial charge is 0.386 e. The first-order chi connectivity index (χ1) is 7.81. The highest BCUT2D eigenvalue weighted by atomic mass is 32.1. The summed E-state index contributed by atoms with van der Waals surface area (Å²) < 4.78 is 1.83. The maximum atomic E-state index is 9.94. The molecule has 2 aromatic rings. The van der Waals surface area contributed by atoms with Crippen LogP contribution in [0.3, 0.4) is 0 Å². The summed E-state index contributed by atoms with van der Waals surface area (Å²) in [6.07, 6.45) is 2.40. The van der Waals surface area contributed by atoms with Gasteiger partial charge in [-0.15, -0.1) is 11.3 Å². The summed E-state index contributed by atoms with van der Waals surface area (Å²) in [5.74, 6) is 0.808. The molecule has 2 aromatic heterocycles. The van der Waals surface area contributed by atoms with Gasteiger partial charge in [-0.05, 0) is 6.42 Å². The first kappa shape index (κ1) is 11.2. The predicted molar refractivity (Wildman–Crippen MR) is 61.1 cm³/mol. The van der Waals surface area contributed by atoms with Crippen LogP contribution in [0.1, 0.15) is 31.0 Å². The minimum absolute atomic E-state index is 0.462. The van der Waals surface area contributed by atoms with E-state index in [1.54, 1.807) is 5.51 Å². The second-order valence-corrected chi connectivity index (χ2v) is 4.25. The molecular weight excluding hydrogens is 224 g/mol. The van der Waals surface area contributed by atoms with E-state index in [1.165, 1.54) is 17.7 Å². The molecule has 2 rings (SSSR count). The molecule has 0 spiro atoms. The Morgan fingerprint density at radius 1 is 1.50 bits per heavy atom. The number of hydrogen-bond acceptors (Lipinski definition) is 5. The van der Waals surface area contributed by atoms with Crippen molar-refractivity contribution >= 4 is 11.3 Å². The van der Waals surface area contributed by atoms with Crippen LogP contribution in [0.25, 0.3) is 0 Å². The molecule has 2 heterocycles. The Bertz CT molecular complexity index is 426. The van der Waals surface area contributed by atoms with Gasteiger partial charge in [0.1, 0.15) is 18.3 Å². The van der Waals surface area contributed by atoms with E-state index < -0.39 is 6.10 Å². The van der Waals surface area contributed by atoms with E-state index in [0.717, 1.165) is 18.8 Å². The van der Waals surface area contributed by atoms with Crippen molar-refractivity contribution in [3.8, 4) is 0 Å². The van der Waals surface area contributed by atoms with E-state index >= 15 is 0 Å². The van der Waals surface area contributed by atoms with Crippen LogP contribution in [0, 0.1) is 0 Å². The molecule has 86 valence electrons. The first-order valence-corrected chi connectivity index (χ1v) is 6.18. The van der Waals surface area contributed by atoms with E-state index in [9.17, 15) is 5.11 Å². The summed E-state index contributed by atoms with van der Waals surface area (Å²) in [5.41, 5.74) is 2.42. The molecule has 16 heavy (non-hydrogen) atoms. The summed E-state index contributed by atoms with van der Waals surface area (Å²) >= 11 is 1.48. The van der Waals surface area contributed by atoms with Crippen LogP contribution in [-0.4, -0.2) is 24.9 Å². The highest BCUT2D eigenvalue weighted by Gasteiger charge is 2.14. The Morgan fingerprint density at radius 3 is 3.06 bits per heavy atom. The molecule has 0 fully saturated rings. The molecular formula is C10H14N4OS. The first-order valence-electron chi connectivity index (χ1n) is 5.24. The van der Waals surface area contributed by atoms with Gasteiger partial charge in [0, 0.05) is 18.3 Å². The highest BCUT2D eigenvalue weighted by molar-refractivity contribution is 7.07. The average Bonchev–Trinajstić information content (AvgIpc) is 2.90. The van der Waals surface area contributed by atoms with Crippen molar-refractivity contribution in [2.75, 3.05) is 0 Å². The molecule has 0 aliphatic carbocycles. The van der Waals surface area contributed by atoms with Crippen LogP contribution in [0.4, 0.5) is 0 Å². The number of nitrogens with zero attached hydrogens (tertiary/aromatic N) is 4. The molecule has 1 atom stereocenters. The maximum absolute atomic E-state index is 9.94. The summed E-state index contributed by atoms with van der Waals surface area (Å²) in [7, 11) is 0. The second kappa shape index (κ2) is 5.18. The summed E-state index contributed by atoms with van der Waals surface area (Å²) in [5, 5.41) is 15.9. The minimum Gasteiger partial charge on any atom is -0.386 e. The van der Waals surface area contributed by atoms with Crippen molar-refractivity contribution in [1.29, 1.82) is 0 Å². The highest BCUT2D eigenvalue weighted by Crippen LogP contribution is 2.16. The van der Waals surface area contributed by atoms with Gasteiger partial charge >= 0.3 is 0 Å². The molecule has 0 aromatic carbocycles. The zero-order valence-electron chi connectivity index (χ0n) is 9.08. The van der Waals surface area contributed by atoms with Crippen molar-refractivity contribution in [2.24, 2.45) is 0 Å². The Kier molecular flexibility index (Phi) is 3.63. The fourth-order valence-electron chi connectivity index (χ4n) is 1.51. The molecule has 1 unspecified atom stereocenters. The van der Waals surface area contributed by atoms with Crippen LogP contribution in [0.2, 0.25) is 0 Å². The monoisotopic (exact) mass is 238 g/mol. The third-order valence-electron chi connectivity index (χ3n) is 2.30. The van der Waals surface area contributed by atoms with E-state index in [1.807, 2.05) is 10.1 Å². The van der Waals surface area contributed by atoms with Gasteiger partial charge in [0.05, 0.1) is 11.2 Å². The molecule has 0 saturated carbocycles. The minimum atomic E-state index is -0.592. The van der Waals surface area contributed by atoms with Gasteiger partial charge in [-0.1, -0.05) is 6.92 Å². The van der Waals surface area contributed by atoms with E-state index in [2.05, 4.69) is 22.0 Å². The molecule has 0 aliphatic rings. The number of hydrogen-bond donors (Lipinski definition) is 1. The molecule has 0 amide bonds. The fourth-order valence-corrected chi connectivity index (χ4v) is 2.11. The van der Waals surface area contributed by atoms with Crippen molar-refractivity contribution in [3.63, 3.8) is 0 Å². The van der Waals surface area contributed by atoms with Gasteiger partial charge in [-0.2, -0.15) is 5.10 Å². The van der Waals surface area contributed by atoms with Crippen LogP contribution in [0.5, 0.6) is 0 Å². The molecule has 5 nitrogen and oxygen atoms in total. The molecule has 0 bridgehead atoms. The van der Waals surface area contributed by atoms with Crippen LogP contribution >= 0.6 is 11.3 Å². The van der Waals surface area contributed by atoms with Crippen LogP contribution in [0.15, 0.2) is 17.2 Å². The van der Waals surface area contributed by atoms with Crippen molar-refractivity contribution in [1.82, 2.24) is 19.7 Å². The Hall–Kier alpha value is -1.27. The van der Waals surface area contributed by atoms with Crippen molar-refractivity contribution in [3.05, 3.63) is 28.7 Å². The normalized spacial score (nSPS) is 12.9. The molecule has 0 radical (unpaired) electrons. The van der Waals surface area contributed by atoms with E-state index in [0.29, 0.717) is 12.1 Å². The predicted octanol–water partition coefficient (Wildman–Crippen LogP) is 1.42. The number of aromatic nitrogens is 4. The molecule has 6 heteroatoms. The van der Waals surface area contributed by atoms with E-state index in [-0.39, 0.29) is 0 Å². The van der Waals surface area contributed by atoms with Gasteiger partial charge in [0.25, 0.3) is 0 Å². The third-order valence-corrected chi connectivity index (χ3v) is 2.90.